The maximum absolute atomic E-state index is 13.0. The first-order chi connectivity index (χ1) is 13.9. The van der Waals surface area contributed by atoms with Crippen molar-refractivity contribution in [1.82, 2.24) is 9.21 Å². The Bertz CT molecular complexity index is 920. The number of carbonyl (C=O) groups is 1. The maximum atomic E-state index is 13.0. The van der Waals surface area contributed by atoms with E-state index in [1.807, 2.05) is 12.1 Å². The summed E-state index contributed by atoms with van der Waals surface area (Å²) in [5, 5.41) is 0. The molecule has 0 radical (unpaired) electrons. The second-order valence-electron chi connectivity index (χ2n) is 7.31. The molecule has 2 aromatic carbocycles. The van der Waals surface area contributed by atoms with Gasteiger partial charge in [0.25, 0.3) is 0 Å². The highest BCUT2D eigenvalue weighted by Crippen LogP contribution is 2.19. The van der Waals surface area contributed by atoms with E-state index in [0.29, 0.717) is 43.9 Å². The predicted molar refractivity (Wildman–Crippen MR) is 110 cm³/mol. The fourth-order valence-corrected chi connectivity index (χ4v) is 4.93. The van der Waals surface area contributed by atoms with Gasteiger partial charge in [-0.15, -0.1) is 0 Å². The molecule has 0 bridgehead atoms. The molecule has 1 amide bonds. The third-order valence-electron chi connectivity index (χ3n) is 5.23. The van der Waals surface area contributed by atoms with Crippen molar-refractivity contribution in [2.75, 3.05) is 26.2 Å². The fourth-order valence-electron chi connectivity index (χ4n) is 3.50. The van der Waals surface area contributed by atoms with E-state index < -0.39 is 10.0 Å². The Morgan fingerprint density at radius 1 is 0.897 bits per heavy atom. The number of hydrogen-bond acceptors (Lipinski definition) is 3. The molecule has 1 aliphatic rings. The lowest BCUT2D eigenvalue weighted by atomic mass is 10.1. The molecule has 1 fully saturated rings. The van der Waals surface area contributed by atoms with Gasteiger partial charge < -0.3 is 4.90 Å². The Kier molecular flexibility index (Phi) is 7.03. The Morgan fingerprint density at radius 2 is 1.45 bits per heavy atom. The number of carbonyl (C=O) groups excluding carboxylic acids is 1. The quantitative estimate of drug-likeness (QED) is 0.694. The second-order valence-corrected chi connectivity index (χ2v) is 9.24. The topological polar surface area (TPSA) is 57.7 Å². The van der Waals surface area contributed by atoms with Crippen LogP contribution in [0.1, 0.15) is 30.9 Å². The summed E-state index contributed by atoms with van der Waals surface area (Å²) in [7, 11) is -3.54. The number of rotatable bonds is 7. The van der Waals surface area contributed by atoms with Crippen LogP contribution in [-0.2, 0) is 27.7 Å². The molecule has 5 nitrogen and oxygen atoms in total. The SMILES string of the molecule is CCCc1ccc(S(=O)(=O)N2CCN(C(=O)CCc3ccc(F)cc3)CC2)cc1. The van der Waals surface area contributed by atoms with Gasteiger partial charge in [-0.2, -0.15) is 4.31 Å². The molecule has 0 saturated carbocycles. The highest BCUT2D eigenvalue weighted by molar-refractivity contribution is 7.89. The Hall–Kier alpha value is -2.25. The van der Waals surface area contributed by atoms with Crippen molar-refractivity contribution in [3.05, 3.63) is 65.5 Å². The van der Waals surface area contributed by atoms with E-state index in [0.717, 1.165) is 24.0 Å². The van der Waals surface area contributed by atoms with Crippen LogP contribution in [-0.4, -0.2) is 49.7 Å². The minimum Gasteiger partial charge on any atom is -0.340 e. The summed E-state index contributed by atoms with van der Waals surface area (Å²) in [6.45, 7) is 3.44. The lowest BCUT2D eigenvalue weighted by Crippen LogP contribution is -2.50. The van der Waals surface area contributed by atoms with Gasteiger partial charge in [0, 0.05) is 32.6 Å². The van der Waals surface area contributed by atoms with Crippen LogP contribution in [0.15, 0.2) is 53.4 Å². The van der Waals surface area contributed by atoms with Crippen LogP contribution in [0.25, 0.3) is 0 Å². The monoisotopic (exact) mass is 418 g/mol. The first-order valence-corrected chi connectivity index (χ1v) is 11.5. The number of halogens is 1. The van der Waals surface area contributed by atoms with E-state index in [1.165, 1.54) is 16.4 Å². The molecule has 156 valence electrons. The van der Waals surface area contributed by atoms with Gasteiger partial charge in [0.1, 0.15) is 5.82 Å². The molecule has 1 saturated heterocycles. The molecule has 7 heteroatoms. The number of sulfonamides is 1. The molecule has 0 aliphatic carbocycles. The van der Waals surface area contributed by atoms with Crippen molar-refractivity contribution in [2.24, 2.45) is 0 Å². The molecule has 3 rings (SSSR count). The number of benzene rings is 2. The molecule has 1 heterocycles. The summed E-state index contributed by atoms with van der Waals surface area (Å²) in [6, 6.07) is 13.2. The number of amides is 1. The van der Waals surface area contributed by atoms with Crippen molar-refractivity contribution in [1.29, 1.82) is 0 Å². The Morgan fingerprint density at radius 3 is 2.03 bits per heavy atom. The van der Waals surface area contributed by atoms with Crippen LogP contribution < -0.4 is 0 Å². The van der Waals surface area contributed by atoms with Crippen molar-refractivity contribution in [2.45, 2.75) is 37.5 Å². The number of piperazine rings is 1. The van der Waals surface area contributed by atoms with Gasteiger partial charge in [-0.3, -0.25) is 4.79 Å². The average molecular weight is 419 g/mol. The van der Waals surface area contributed by atoms with Crippen molar-refractivity contribution >= 4 is 15.9 Å². The van der Waals surface area contributed by atoms with Crippen LogP contribution in [0.2, 0.25) is 0 Å². The third kappa shape index (κ3) is 5.42. The largest absolute Gasteiger partial charge is 0.340 e. The van der Waals surface area contributed by atoms with Gasteiger partial charge in [0.15, 0.2) is 0 Å². The molecule has 1 aliphatic heterocycles. The molecular weight excluding hydrogens is 391 g/mol. The maximum Gasteiger partial charge on any atom is 0.243 e. The fraction of sp³-hybridized carbons (Fsp3) is 0.409. The summed E-state index contributed by atoms with van der Waals surface area (Å²) in [4.78, 5) is 14.5. The van der Waals surface area contributed by atoms with Crippen LogP contribution in [0, 0.1) is 5.82 Å². The molecule has 0 N–H and O–H groups in total. The lowest BCUT2D eigenvalue weighted by Gasteiger charge is -2.34. The standard InChI is InChI=1S/C22H27FN2O3S/c1-2-3-18-6-11-21(12-7-18)29(27,28)25-16-14-24(15-17-25)22(26)13-8-19-4-9-20(23)10-5-19/h4-7,9-12H,2-3,8,13-17H2,1H3. The van der Waals surface area contributed by atoms with Gasteiger partial charge >= 0.3 is 0 Å². The Labute approximate surface area is 172 Å². The predicted octanol–water partition coefficient (Wildman–Crippen LogP) is 3.24. The second kappa shape index (κ2) is 9.50. The van der Waals surface area contributed by atoms with Crippen LogP contribution in [0.5, 0.6) is 0 Å². The van der Waals surface area contributed by atoms with Gasteiger partial charge in [-0.1, -0.05) is 37.6 Å². The van der Waals surface area contributed by atoms with E-state index >= 15 is 0 Å². The number of aryl methyl sites for hydroxylation is 2. The summed E-state index contributed by atoms with van der Waals surface area (Å²) >= 11 is 0. The highest BCUT2D eigenvalue weighted by atomic mass is 32.2. The van der Waals surface area contributed by atoms with E-state index in [-0.39, 0.29) is 11.7 Å². The molecule has 0 aromatic heterocycles. The van der Waals surface area contributed by atoms with E-state index in [9.17, 15) is 17.6 Å². The lowest BCUT2D eigenvalue weighted by molar-refractivity contribution is -0.132. The smallest absolute Gasteiger partial charge is 0.243 e. The summed E-state index contributed by atoms with van der Waals surface area (Å²) < 4.78 is 40.1. The van der Waals surface area contributed by atoms with Crippen molar-refractivity contribution < 1.29 is 17.6 Å². The molecular formula is C22H27FN2O3S. The zero-order valence-corrected chi connectivity index (χ0v) is 17.5. The normalized spacial score (nSPS) is 15.4. The van der Waals surface area contributed by atoms with Gasteiger partial charge in [0.2, 0.25) is 15.9 Å². The van der Waals surface area contributed by atoms with Crippen LogP contribution >= 0.6 is 0 Å². The zero-order chi connectivity index (χ0) is 20.9. The minimum atomic E-state index is -3.54. The molecule has 29 heavy (non-hydrogen) atoms. The third-order valence-corrected chi connectivity index (χ3v) is 7.14. The van der Waals surface area contributed by atoms with E-state index in [4.69, 9.17) is 0 Å². The van der Waals surface area contributed by atoms with Gasteiger partial charge in [-0.05, 0) is 48.2 Å². The van der Waals surface area contributed by atoms with E-state index in [2.05, 4.69) is 6.92 Å². The molecule has 0 atom stereocenters. The molecule has 2 aromatic rings. The van der Waals surface area contributed by atoms with Crippen LogP contribution in [0.3, 0.4) is 0 Å². The first kappa shape index (κ1) is 21.5. The molecule has 0 unspecified atom stereocenters. The Balaban J connectivity index is 1.53. The van der Waals surface area contributed by atoms with Crippen LogP contribution in [0.4, 0.5) is 4.39 Å². The highest BCUT2D eigenvalue weighted by Gasteiger charge is 2.29. The van der Waals surface area contributed by atoms with Crippen molar-refractivity contribution in [3.8, 4) is 0 Å². The number of nitrogens with zero attached hydrogens (tertiary/aromatic N) is 2. The minimum absolute atomic E-state index is 0.00436. The van der Waals surface area contributed by atoms with E-state index in [1.54, 1.807) is 29.2 Å². The number of hydrogen-bond donors (Lipinski definition) is 0. The van der Waals surface area contributed by atoms with Gasteiger partial charge in [-0.25, -0.2) is 12.8 Å². The molecule has 0 spiro atoms. The summed E-state index contributed by atoms with van der Waals surface area (Å²) in [5.74, 6) is -0.298. The first-order valence-electron chi connectivity index (χ1n) is 10.0. The summed E-state index contributed by atoms with van der Waals surface area (Å²) in [5.41, 5.74) is 2.04. The summed E-state index contributed by atoms with van der Waals surface area (Å²) in [6.07, 6.45) is 2.82. The average Bonchev–Trinajstić information content (AvgIpc) is 2.74. The zero-order valence-electron chi connectivity index (χ0n) is 16.7. The van der Waals surface area contributed by atoms with Gasteiger partial charge in [0.05, 0.1) is 4.90 Å². The van der Waals surface area contributed by atoms with Crippen molar-refractivity contribution in [3.63, 3.8) is 0 Å².